The van der Waals surface area contributed by atoms with Gasteiger partial charge in [0.1, 0.15) is 11.9 Å². The van der Waals surface area contributed by atoms with E-state index in [2.05, 4.69) is 23.2 Å². The largest absolute Gasteiger partial charge is 0.442 e. The number of cyclic esters (lactones) is 1. The molecule has 0 aliphatic carbocycles. The Morgan fingerprint density at radius 3 is 2.62 bits per heavy atom. The highest BCUT2D eigenvalue weighted by Crippen LogP contribution is 2.28. The number of carbonyl (C=O) groups excluding carboxylic acids is 3. The molecule has 2 aliphatic rings. The first-order chi connectivity index (χ1) is 18.8. The number of rotatable bonds is 7. The summed E-state index contributed by atoms with van der Waals surface area (Å²) in [4.78, 5) is 41.0. The van der Waals surface area contributed by atoms with Crippen LogP contribution in [0.15, 0.2) is 42.5 Å². The van der Waals surface area contributed by atoms with Crippen molar-refractivity contribution < 1.29 is 23.5 Å². The maximum absolute atomic E-state index is 15.0. The number of nitriles is 1. The molecule has 1 atom stereocenters. The molecule has 0 bridgehead atoms. The lowest BCUT2D eigenvalue weighted by Gasteiger charge is -2.36. The van der Waals surface area contributed by atoms with Gasteiger partial charge in [0.15, 0.2) is 0 Å². The molecule has 1 N–H and O–H groups in total. The fourth-order valence-corrected chi connectivity index (χ4v) is 4.53. The molecule has 0 unspecified atom stereocenters. The van der Waals surface area contributed by atoms with E-state index in [1.807, 2.05) is 11.0 Å². The SMILES string of the molecule is CC(=O)NC[C@H]1CN(c2ccc(N3CCN(C(=O)CCCC#Cc4cccc(C#N)c4)CC3)c(F)c2)C(=O)O1. The minimum Gasteiger partial charge on any atom is -0.442 e. The zero-order chi connectivity index (χ0) is 27.8. The third kappa shape index (κ3) is 7.26. The van der Waals surface area contributed by atoms with Crippen molar-refractivity contribution in [1.29, 1.82) is 5.26 Å². The van der Waals surface area contributed by atoms with Gasteiger partial charge in [-0.3, -0.25) is 14.5 Å². The lowest BCUT2D eigenvalue weighted by molar-refractivity contribution is -0.131. The van der Waals surface area contributed by atoms with Crippen molar-refractivity contribution in [2.24, 2.45) is 0 Å². The lowest BCUT2D eigenvalue weighted by Crippen LogP contribution is -2.49. The van der Waals surface area contributed by atoms with Crippen molar-refractivity contribution >= 4 is 29.3 Å². The number of ether oxygens (including phenoxy) is 1. The Morgan fingerprint density at radius 2 is 1.90 bits per heavy atom. The van der Waals surface area contributed by atoms with E-state index in [4.69, 9.17) is 10.00 Å². The molecule has 0 spiro atoms. The van der Waals surface area contributed by atoms with Crippen LogP contribution in [-0.2, 0) is 14.3 Å². The molecule has 3 amide bonds. The van der Waals surface area contributed by atoms with Crippen molar-refractivity contribution in [2.75, 3.05) is 49.1 Å². The fraction of sp³-hybridized carbons (Fsp3) is 0.379. The fourth-order valence-electron chi connectivity index (χ4n) is 4.53. The van der Waals surface area contributed by atoms with E-state index in [0.29, 0.717) is 62.4 Å². The molecule has 2 fully saturated rings. The molecule has 2 saturated heterocycles. The van der Waals surface area contributed by atoms with Crippen LogP contribution in [-0.4, -0.2) is 68.2 Å². The average molecular weight is 532 g/mol. The minimum atomic E-state index is -0.580. The Kier molecular flexibility index (Phi) is 9.01. The van der Waals surface area contributed by atoms with E-state index in [-0.39, 0.29) is 24.9 Å². The minimum absolute atomic E-state index is 0.0557. The van der Waals surface area contributed by atoms with E-state index in [1.165, 1.54) is 17.9 Å². The first kappa shape index (κ1) is 27.5. The Morgan fingerprint density at radius 1 is 1.13 bits per heavy atom. The number of nitrogens with zero attached hydrogens (tertiary/aromatic N) is 4. The molecule has 39 heavy (non-hydrogen) atoms. The average Bonchev–Trinajstić information content (AvgIpc) is 3.32. The monoisotopic (exact) mass is 531 g/mol. The van der Waals surface area contributed by atoms with Crippen LogP contribution in [0.25, 0.3) is 0 Å². The van der Waals surface area contributed by atoms with E-state index < -0.39 is 18.0 Å². The zero-order valence-electron chi connectivity index (χ0n) is 21.8. The van der Waals surface area contributed by atoms with E-state index in [9.17, 15) is 14.4 Å². The third-order valence-corrected chi connectivity index (χ3v) is 6.59. The number of benzene rings is 2. The summed E-state index contributed by atoms with van der Waals surface area (Å²) in [5.74, 6) is 5.47. The molecule has 2 aromatic rings. The predicted molar refractivity (Wildman–Crippen MR) is 143 cm³/mol. The highest BCUT2D eigenvalue weighted by atomic mass is 19.1. The van der Waals surface area contributed by atoms with Crippen LogP contribution in [0.2, 0.25) is 0 Å². The van der Waals surface area contributed by atoms with Crippen molar-refractivity contribution in [3.63, 3.8) is 0 Å². The number of amides is 3. The number of hydrogen-bond donors (Lipinski definition) is 1. The number of carbonyl (C=O) groups is 3. The molecule has 0 saturated carbocycles. The van der Waals surface area contributed by atoms with Gasteiger partial charge in [0, 0.05) is 51.5 Å². The number of unbranched alkanes of at least 4 members (excludes halogenated alkanes) is 1. The lowest BCUT2D eigenvalue weighted by atomic mass is 10.1. The molecular formula is C29H30FN5O4. The number of nitrogens with one attached hydrogen (secondary N) is 1. The van der Waals surface area contributed by atoms with Gasteiger partial charge in [-0.2, -0.15) is 5.26 Å². The van der Waals surface area contributed by atoms with Crippen LogP contribution < -0.4 is 15.1 Å². The number of piperazine rings is 1. The Labute approximate surface area is 227 Å². The molecule has 202 valence electrons. The molecule has 2 heterocycles. The van der Waals surface area contributed by atoms with Gasteiger partial charge in [-0.15, -0.1) is 0 Å². The highest BCUT2D eigenvalue weighted by molar-refractivity contribution is 5.90. The molecule has 10 heteroatoms. The molecule has 2 aliphatic heterocycles. The first-order valence-corrected chi connectivity index (χ1v) is 12.9. The predicted octanol–water partition coefficient (Wildman–Crippen LogP) is 3.03. The van der Waals surface area contributed by atoms with E-state index in [1.54, 1.807) is 35.2 Å². The summed E-state index contributed by atoms with van der Waals surface area (Å²) in [6.07, 6.45) is 0.542. The molecule has 9 nitrogen and oxygen atoms in total. The van der Waals surface area contributed by atoms with Crippen LogP contribution in [0.1, 0.15) is 37.3 Å². The number of halogens is 1. The van der Waals surface area contributed by atoms with Crippen LogP contribution >= 0.6 is 0 Å². The summed E-state index contributed by atoms with van der Waals surface area (Å²) >= 11 is 0. The maximum atomic E-state index is 15.0. The molecular weight excluding hydrogens is 501 g/mol. The number of anilines is 2. The van der Waals surface area contributed by atoms with Gasteiger partial charge in [-0.05, 0) is 42.8 Å². The Balaban J connectivity index is 1.23. The summed E-state index contributed by atoms with van der Waals surface area (Å²) in [5, 5.41) is 11.6. The van der Waals surface area contributed by atoms with Gasteiger partial charge in [0.2, 0.25) is 11.8 Å². The summed E-state index contributed by atoms with van der Waals surface area (Å²) in [5.41, 5.74) is 2.16. The quantitative estimate of drug-likeness (QED) is 0.435. The van der Waals surface area contributed by atoms with E-state index in [0.717, 1.165) is 5.56 Å². The summed E-state index contributed by atoms with van der Waals surface area (Å²) < 4.78 is 20.3. The third-order valence-electron chi connectivity index (χ3n) is 6.59. The van der Waals surface area contributed by atoms with Gasteiger partial charge in [-0.1, -0.05) is 17.9 Å². The summed E-state index contributed by atoms with van der Waals surface area (Å²) in [6.45, 7) is 3.80. The van der Waals surface area contributed by atoms with Crippen molar-refractivity contribution in [1.82, 2.24) is 10.2 Å². The first-order valence-electron chi connectivity index (χ1n) is 12.9. The van der Waals surface area contributed by atoms with Gasteiger partial charge < -0.3 is 19.9 Å². The van der Waals surface area contributed by atoms with Crippen LogP contribution in [0, 0.1) is 29.0 Å². The standard InChI is InChI=1S/C29H30FN5O4/c1-21(36)32-19-25-20-35(29(38)39-25)24-10-11-27(26(30)17-24)33-12-14-34(15-13-33)28(37)9-4-2-3-6-22-7-5-8-23(16-22)18-31/h5,7-8,10-11,16-17,25H,2,4,9,12-15,19-20H2,1H3,(H,32,36)/t25-/m0/s1. The topological polar surface area (TPSA) is 106 Å². The normalized spacial score (nSPS) is 16.7. The molecule has 2 aromatic carbocycles. The molecule has 0 aromatic heterocycles. The van der Waals surface area contributed by atoms with Crippen molar-refractivity contribution in [3.05, 3.63) is 59.4 Å². The van der Waals surface area contributed by atoms with Crippen molar-refractivity contribution in [3.8, 4) is 17.9 Å². The van der Waals surface area contributed by atoms with Gasteiger partial charge in [-0.25, -0.2) is 9.18 Å². The van der Waals surface area contributed by atoms with Crippen molar-refractivity contribution in [2.45, 2.75) is 32.3 Å². The summed E-state index contributed by atoms with van der Waals surface area (Å²) in [7, 11) is 0. The second-order valence-corrected chi connectivity index (χ2v) is 9.40. The van der Waals surface area contributed by atoms with E-state index >= 15 is 4.39 Å². The second kappa shape index (κ2) is 12.8. The smallest absolute Gasteiger partial charge is 0.414 e. The molecule has 4 rings (SSSR count). The van der Waals surface area contributed by atoms with Gasteiger partial charge in [0.25, 0.3) is 0 Å². The van der Waals surface area contributed by atoms with Crippen LogP contribution in [0.3, 0.4) is 0 Å². The zero-order valence-corrected chi connectivity index (χ0v) is 21.8. The molecule has 0 radical (unpaired) electrons. The summed E-state index contributed by atoms with van der Waals surface area (Å²) in [6, 6.07) is 13.8. The van der Waals surface area contributed by atoms with Crippen LogP contribution in [0.4, 0.5) is 20.6 Å². The van der Waals surface area contributed by atoms with Gasteiger partial charge >= 0.3 is 6.09 Å². The van der Waals surface area contributed by atoms with Gasteiger partial charge in [0.05, 0.1) is 36.1 Å². The Bertz CT molecular complexity index is 1340. The number of hydrogen-bond acceptors (Lipinski definition) is 6. The second-order valence-electron chi connectivity index (χ2n) is 9.40. The maximum Gasteiger partial charge on any atom is 0.414 e. The highest BCUT2D eigenvalue weighted by Gasteiger charge is 2.33. The van der Waals surface area contributed by atoms with Crippen LogP contribution in [0.5, 0.6) is 0 Å². The Hall–Kier alpha value is -4.57.